The molecule has 4 heteroatoms. The van der Waals surface area contributed by atoms with E-state index in [4.69, 9.17) is 4.74 Å². The van der Waals surface area contributed by atoms with Gasteiger partial charge in [0.1, 0.15) is 0 Å². The number of amides is 1. The van der Waals surface area contributed by atoms with E-state index in [9.17, 15) is 4.79 Å². The standard InChI is InChI=1S/C16H22N2O2/c1-20-13-8-7-12(10-13)18-16(19)14-6-2-4-11-5-3-9-17-15(11)14/h2,4,6,12-13,17H,3,5,7-10H2,1H3,(H,18,19). The van der Waals surface area contributed by atoms with Crippen LogP contribution < -0.4 is 10.6 Å². The van der Waals surface area contributed by atoms with Crippen LogP contribution in [0, 0.1) is 0 Å². The smallest absolute Gasteiger partial charge is 0.253 e. The van der Waals surface area contributed by atoms with E-state index in [0.29, 0.717) is 6.10 Å². The van der Waals surface area contributed by atoms with Crippen molar-refractivity contribution >= 4 is 11.6 Å². The highest BCUT2D eigenvalue weighted by Gasteiger charge is 2.27. The van der Waals surface area contributed by atoms with Gasteiger partial charge >= 0.3 is 0 Å². The van der Waals surface area contributed by atoms with Crippen LogP contribution in [0.4, 0.5) is 5.69 Å². The van der Waals surface area contributed by atoms with Crippen molar-refractivity contribution in [3.63, 3.8) is 0 Å². The van der Waals surface area contributed by atoms with Gasteiger partial charge in [0.05, 0.1) is 17.4 Å². The van der Waals surface area contributed by atoms with Crippen LogP contribution in [0.1, 0.15) is 41.6 Å². The average molecular weight is 274 g/mol. The highest BCUT2D eigenvalue weighted by atomic mass is 16.5. The minimum absolute atomic E-state index is 0.0398. The zero-order valence-electron chi connectivity index (χ0n) is 11.9. The van der Waals surface area contributed by atoms with Crippen molar-refractivity contribution in [2.45, 2.75) is 44.2 Å². The maximum Gasteiger partial charge on any atom is 0.253 e. The van der Waals surface area contributed by atoms with Crippen LogP contribution in [0.5, 0.6) is 0 Å². The Morgan fingerprint density at radius 2 is 2.30 bits per heavy atom. The van der Waals surface area contributed by atoms with Crippen molar-refractivity contribution < 1.29 is 9.53 Å². The lowest BCUT2D eigenvalue weighted by Gasteiger charge is -2.21. The number of benzene rings is 1. The largest absolute Gasteiger partial charge is 0.384 e. The Kier molecular flexibility index (Phi) is 3.92. The number of methoxy groups -OCH3 is 1. The normalized spacial score (nSPS) is 24.9. The molecule has 2 aliphatic rings. The van der Waals surface area contributed by atoms with Gasteiger partial charge in [-0.25, -0.2) is 0 Å². The number of hydrogen-bond donors (Lipinski definition) is 2. The Bertz CT molecular complexity index is 501. The summed E-state index contributed by atoms with van der Waals surface area (Å²) in [5.41, 5.74) is 3.06. The summed E-state index contributed by atoms with van der Waals surface area (Å²) < 4.78 is 5.36. The number of anilines is 1. The van der Waals surface area contributed by atoms with Crippen LogP contribution in [-0.2, 0) is 11.2 Å². The summed E-state index contributed by atoms with van der Waals surface area (Å²) >= 11 is 0. The van der Waals surface area contributed by atoms with Crippen LogP contribution in [0.3, 0.4) is 0 Å². The first-order chi connectivity index (χ1) is 9.78. The summed E-state index contributed by atoms with van der Waals surface area (Å²) in [7, 11) is 1.74. The number of aryl methyl sites for hydroxylation is 1. The Hall–Kier alpha value is -1.55. The van der Waals surface area contributed by atoms with E-state index >= 15 is 0 Å². The lowest BCUT2D eigenvalue weighted by atomic mass is 9.99. The lowest BCUT2D eigenvalue weighted by Crippen LogP contribution is -2.34. The fourth-order valence-corrected chi connectivity index (χ4v) is 3.25. The molecule has 1 aliphatic carbocycles. The van der Waals surface area contributed by atoms with E-state index in [-0.39, 0.29) is 11.9 Å². The third kappa shape index (κ3) is 2.66. The molecule has 0 spiro atoms. The summed E-state index contributed by atoms with van der Waals surface area (Å²) in [6.45, 7) is 0.951. The van der Waals surface area contributed by atoms with E-state index in [0.717, 1.165) is 49.9 Å². The van der Waals surface area contributed by atoms with Crippen molar-refractivity contribution in [1.29, 1.82) is 0 Å². The molecule has 0 aromatic heterocycles. The van der Waals surface area contributed by atoms with Gasteiger partial charge in [0.25, 0.3) is 5.91 Å². The van der Waals surface area contributed by atoms with Crippen molar-refractivity contribution in [3.05, 3.63) is 29.3 Å². The molecular weight excluding hydrogens is 252 g/mol. The molecule has 0 radical (unpaired) electrons. The first kappa shape index (κ1) is 13.4. The molecule has 3 rings (SSSR count). The maximum atomic E-state index is 12.5. The van der Waals surface area contributed by atoms with Gasteiger partial charge < -0.3 is 15.4 Å². The topological polar surface area (TPSA) is 50.4 Å². The Morgan fingerprint density at radius 3 is 3.10 bits per heavy atom. The highest BCUT2D eigenvalue weighted by Crippen LogP contribution is 2.27. The van der Waals surface area contributed by atoms with Crippen molar-refractivity contribution in [2.75, 3.05) is 19.0 Å². The summed E-state index contributed by atoms with van der Waals surface area (Å²) in [5.74, 6) is 0.0398. The van der Waals surface area contributed by atoms with E-state index in [1.807, 2.05) is 12.1 Å². The highest BCUT2D eigenvalue weighted by molar-refractivity contribution is 6.00. The van der Waals surface area contributed by atoms with Crippen molar-refractivity contribution in [1.82, 2.24) is 5.32 Å². The van der Waals surface area contributed by atoms with Gasteiger partial charge in [-0.2, -0.15) is 0 Å². The quantitative estimate of drug-likeness (QED) is 0.889. The number of carbonyl (C=O) groups is 1. The van der Waals surface area contributed by atoms with Gasteiger partial charge in [-0.05, 0) is 43.7 Å². The van der Waals surface area contributed by atoms with Gasteiger partial charge in [0.15, 0.2) is 0 Å². The number of para-hydroxylation sites is 1. The average Bonchev–Trinajstić information content (AvgIpc) is 2.94. The number of rotatable bonds is 3. The molecule has 1 aromatic carbocycles. The van der Waals surface area contributed by atoms with Crippen molar-refractivity contribution in [3.8, 4) is 0 Å². The van der Waals surface area contributed by atoms with Gasteiger partial charge in [-0.15, -0.1) is 0 Å². The first-order valence-electron chi connectivity index (χ1n) is 7.47. The summed E-state index contributed by atoms with van der Waals surface area (Å²) in [4.78, 5) is 12.5. The number of fused-ring (bicyclic) bond motifs is 1. The van der Waals surface area contributed by atoms with Gasteiger partial charge in [0, 0.05) is 19.7 Å². The Morgan fingerprint density at radius 1 is 1.40 bits per heavy atom. The lowest BCUT2D eigenvalue weighted by molar-refractivity contribution is 0.0915. The Labute approximate surface area is 119 Å². The molecule has 2 N–H and O–H groups in total. The third-order valence-electron chi connectivity index (χ3n) is 4.37. The molecule has 2 atom stereocenters. The van der Waals surface area contributed by atoms with Crippen molar-refractivity contribution in [2.24, 2.45) is 0 Å². The van der Waals surface area contributed by atoms with Gasteiger partial charge in [0.2, 0.25) is 0 Å². The first-order valence-corrected chi connectivity index (χ1v) is 7.47. The molecule has 4 nitrogen and oxygen atoms in total. The van der Waals surface area contributed by atoms with Crippen LogP contribution >= 0.6 is 0 Å². The maximum absolute atomic E-state index is 12.5. The second kappa shape index (κ2) is 5.83. The second-order valence-electron chi connectivity index (χ2n) is 5.71. The molecule has 0 saturated heterocycles. The molecule has 1 fully saturated rings. The Balaban J connectivity index is 1.71. The molecule has 20 heavy (non-hydrogen) atoms. The number of hydrogen-bond acceptors (Lipinski definition) is 3. The molecule has 1 heterocycles. The number of nitrogens with one attached hydrogen (secondary N) is 2. The minimum Gasteiger partial charge on any atom is -0.384 e. The molecular formula is C16H22N2O2. The van der Waals surface area contributed by atoms with E-state index in [2.05, 4.69) is 16.7 Å². The number of carbonyl (C=O) groups excluding carboxylic acids is 1. The molecule has 1 aliphatic heterocycles. The van der Waals surface area contributed by atoms with Gasteiger partial charge in [-0.3, -0.25) is 4.79 Å². The summed E-state index contributed by atoms with van der Waals surface area (Å²) in [6, 6.07) is 6.24. The fraction of sp³-hybridized carbons (Fsp3) is 0.562. The van der Waals surface area contributed by atoms with Crippen LogP contribution in [0.25, 0.3) is 0 Å². The molecule has 108 valence electrons. The molecule has 1 aromatic rings. The third-order valence-corrected chi connectivity index (χ3v) is 4.37. The molecule has 1 saturated carbocycles. The van der Waals surface area contributed by atoms with Crippen LogP contribution in [0.2, 0.25) is 0 Å². The SMILES string of the molecule is COC1CCC(NC(=O)c2cccc3c2NCCC3)C1. The molecule has 2 unspecified atom stereocenters. The van der Waals surface area contributed by atoms with Gasteiger partial charge in [-0.1, -0.05) is 12.1 Å². The monoisotopic (exact) mass is 274 g/mol. The minimum atomic E-state index is 0.0398. The van der Waals surface area contributed by atoms with Crippen LogP contribution in [0.15, 0.2) is 18.2 Å². The zero-order valence-corrected chi connectivity index (χ0v) is 11.9. The predicted octanol–water partition coefficient (Wildman–Crippen LogP) is 2.34. The summed E-state index contributed by atoms with van der Waals surface area (Å²) in [6.07, 6.45) is 5.45. The molecule has 0 bridgehead atoms. The number of ether oxygens (including phenoxy) is 1. The summed E-state index contributed by atoms with van der Waals surface area (Å²) in [5, 5.41) is 6.52. The zero-order chi connectivity index (χ0) is 13.9. The van der Waals surface area contributed by atoms with E-state index in [1.54, 1.807) is 7.11 Å². The predicted molar refractivity (Wildman–Crippen MR) is 79.2 cm³/mol. The van der Waals surface area contributed by atoms with E-state index < -0.39 is 0 Å². The second-order valence-corrected chi connectivity index (χ2v) is 5.71. The van der Waals surface area contributed by atoms with Crippen LogP contribution in [-0.4, -0.2) is 31.7 Å². The van der Waals surface area contributed by atoms with E-state index in [1.165, 1.54) is 5.56 Å². The molecule has 1 amide bonds. The fourth-order valence-electron chi connectivity index (χ4n) is 3.25.